The first-order valence-electron chi connectivity index (χ1n) is 6.08. The Labute approximate surface area is 106 Å². The normalized spacial score (nSPS) is 20.9. The Kier molecular flexibility index (Phi) is 2.44. The average molecular weight is 238 g/mol. The van der Waals surface area contributed by atoms with E-state index >= 15 is 0 Å². The van der Waals surface area contributed by atoms with Crippen molar-refractivity contribution in [2.45, 2.75) is 18.3 Å². The maximum Gasteiger partial charge on any atom is 0.314 e. The predicted molar refractivity (Wildman–Crippen MR) is 69.6 cm³/mol. The van der Waals surface area contributed by atoms with Crippen molar-refractivity contribution in [3.8, 4) is 0 Å². The van der Waals surface area contributed by atoms with E-state index in [-0.39, 0.29) is 0 Å². The van der Waals surface area contributed by atoms with Crippen LogP contribution in [0.1, 0.15) is 16.7 Å². The molecule has 1 N–H and O–H groups in total. The van der Waals surface area contributed by atoms with Crippen molar-refractivity contribution in [2.24, 2.45) is 0 Å². The van der Waals surface area contributed by atoms with Gasteiger partial charge in [-0.05, 0) is 29.5 Å². The Morgan fingerprint density at radius 2 is 1.72 bits per heavy atom. The maximum atomic E-state index is 11.7. The Morgan fingerprint density at radius 3 is 2.39 bits per heavy atom. The van der Waals surface area contributed by atoms with Gasteiger partial charge in [-0.3, -0.25) is 4.79 Å². The molecule has 0 bridgehead atoms. The fraction of sp³-hybridized carbons (Fsp3) is 0.188. The van der Waals surface area contributed by atoms with E-state index in [1.807, 2.05) is 54.6 Å². The van der Waals surface area contributed by atoms with E-state index in [1.54, 1.807) is 0 Å². The second-order valence-corrected chi connectivity index (χ2v) is 4.88. The van der Waals surface area contributed by atoms with Crippen LogP contribution in [-0.2, 0) is 23.1 Å². The van der Waals surface area contributed by atoms with Gasteiger partial charge >= 0.3 is 5.97 Å². The van der Waals surface area contributed by atoms with Gasteiger partial charge in [-0.15, -0.1) is 0 Å². The summed E-state index contributed by atoms with van der Waals surface area (Å²) in [5.74, 6) is -0.718. The van der Waals surface area contributed by atoms with Crippen molar-refractivity contribution >= 4 is 5.97 Å². The first-order valence-corrected chi connectivity index (χ1v) is 6.08. The number of benzene rings is 2. The van der Waals surface area contributed by atoms with Crippen molar-refractivity contribution in [2.75, 3.05) is 0 Å². The second-order valence-electron chi connectivity index (χ2n) is 4.88. The van der Waals surface area contributed by atoms with Crippen molar-refractivity contribution < 1.29 is 9.90 Å². The van der Waals surface area contributed by atoms with Gasteiger partial charge in [0.25, 0.3) is 0 Å². The van der Waals surface area contributed by atoms with Crippen LogP contribution in [-0.4, -0.2) is 11.1 Å². The lowest BCUT2D eigenvalue weighted by atomic mass is 9.61. The summed E-state index contributed by atoms with van der Waals surface area (Å²) < 4.78 is 0. The number of rotatable bonds is 3. The van der Waals surface area contributed by atoms with Crippen LogP contribution in [0.2, 0.25) is 0 Å². The summed E-state index contributed by atoms with van der Waals surface area (Å²) >= 11 is 0. The number of hydrogen-bond acceptors (Lipinski definition) is 1. The standard InChI is InChI=1S/C16H14O2/c17-15(18)16(10-12-6-2-1-3-7-12)11-13-8-4-5-9-14(13)16/h1-9H,10-11H2,(H,17,18)/t16-/m0/s1. The minimum Gasteiger partial charge on any atom is -0.481 e. The van der Waals surface area contributed by atoms with Gasteiger partial charge in [-0.1, -0.05) is 54.6 Å². The predicted octanol–water partition coefficient (Wildman–Crippen LogP) is 2.81. The van der Waals surface area contributed by atoms with Crippen LogP contribution in [0, 0.1) is 0 Å². The molecule has 0 saturated carbocycles. The summed E-state index contributed by atoms with van der Waals surface area (Å²) in [7, 11) is 0. The monoisotopic (exact) mass is 238 g/mol. The molecule has 0 fully saturated rings. The van der Waals surface area contributed by atoms with E-state index < -0.39 is 11.4 Å². The molecule has 2 aromatic rings. The van der Waals surface area contributed by atoms with Gasteiger partial charge in [0.15, 0.2) is 0 Å². The molecule has 18 heavy (non-hydrogen) atoms. The third kappa shape index (κ3) is 1.53. The van der Waals surface area contributed by atoms with E-state index in [0.29, 0.717) is 12.8 Å². The minimum atomic E-state index is -0.724. The molecular formula is C16H14O2. The van der Waals surface area contributed by atoms with Gasteiger partial charge in [-0.25, -0.2) is 0 Å². The summed E-state index contributed by atoms with van der Waals surface area (Å²) in [5.41, 5.74) is 2.49. The summed E-state index contributed by atoms with van der Waals surface area (Å²) in [4.78, 5) is 11.7. The summed E-state index contributed by atoms with van der Waals surface area (Å²) in [6.07, 6.45) is 1.20. The lowest BCUT2D eigenvalue weighted by Crippen LogP contribution is -2.47. The Morgan fingerprint density at radius 1 is 1.06 bits per heavy atom. The highest BCUT2D eigenvalue weighted by Crippen LogP contribution is 2.43. The van der Waals surface area contributed by atoms with Crippen LogP contribution in [0.3, 0.4) is 0 Å². The van der Waals surface area contributed by atoms with Gasteiger partial charge in [0.2, 0.25) is 0 Å². The molecule has 0 saturated heterocycles. The van der Waals surface area contributed by atoms with Crippen molar-refractivity contribution in [1.82, 2.24) is 0 Å². The first kappa shape index (κ1) is 11.0. The number of carbonyl (C=O) groups is 1. The van der Waals surface area contributed by atoms with Crippen LogP contribution in [0.4, 0.5) is 0 Å². The van der Waals surface area contributed by atoms with Crippen molar-refractivity contribution in [3.63, 3.8) is 0 Å². The van der Waals surface area contributed by atoms with Gasteiger partial charge in [0, 0.05) is 0 Å². The van der Waals surface area contributed by atoms with Gasteiger partial charge < -0.3 is 5.11 Å². The Balaban J connectivity index is 1.99. The number of fused-ring (bicyclic) bond motifs is 1. The molecule has 3 rings (SSSR count). The molecular weight excluding hydrogens is 224 g/mol. The van der Waals surface area contributed by atoms with Crippen molar-refractivity contribution in [3.05, 3.63) is 71.3 Å². The molecule has 1 atom stereocenters. The highest BCUT2D eigenvalue weighted by atomic mass is 16.4. The third-order valence-electron chi connectivity index (χ3n) is 3.78. The fourth-order valence-electron chi connectivity index (χ4n) is 2.82. The fourth-order valence-corrected chi connectivity index (χ4v) is 2.82. The number of carboxylic acids is 1. The van der Waals surface area contributed by atoms with Crippen LogP contribution >= 0.6 is 0 Å². The molecule has 0 aliphatic heterocycles. The number of carboxylic acid groups (broad SMARTS) is 1. The topological polar surface area (TPSA) is 37.3 Å². The van der Waals surface area contributed by atoms with Crippen LogP contribution < -0.4 is 0 Å². The van der Waals surface area contributed by atoms with Gasteiger partial charge in [0.05, 0.1) is 0 Å². The molecule has 0 heterocycles. The Bertz CT molecular complexity index is 589. The van der Waals surface area contributed by atoms with Crippen molar-refractivity contribution in [1.29, 1.82) is 0 Å². The molecule has 0 unspecified atom stereocenters. The van der Waals surface area contributed by atoms with Crippen LogP contribution in [0.15, 0.2) is 54.6 Å². The highest BCUT2D eigenvalue weighted by Gasteiger charge is 2.48. The maximum absolute atomic E-state index is 11.7. The summed E-state index contributed by atoms with van der Waals surface area (Å²) in [6.45, 7) is 0. The highest BCUT2D eigenvalue weighted by molar-refractivity contribution is 5.86. The summed E-state index contributed by atoms with van der Waals surface area (Å²) in [6, 6.07) is 17.7. The molecule has 2 aromatic carbocycles. The second kappa shape index (κ2) is 3.98. The van der Waals surface area contributed by atoms with E-state index in [4.69, 9.17) is 0 Å². The largest absolute Gasteiger partial charge is 0.481 e. The zero-order valence-electron chi connectivity index (χ0n) is 9.97. The quantitative estimate of drug-likeness (QED) is 0.892. The number of aliphatic carboxylic acids is 1. The molecule has 90 valence electrons. The average Bonchev–Trinajstić information content (AvgIpc) is 2.36. The summed E-state index contributed by atoms with van der Waals surface area (Å²) in [5, 5.41) is 9.59. The molecule has 1 aliphatic rings. The lowest BCUT2D eigenvalue weighted by Gasteiger charge is -2.40. The molecule has 1 aliphatic carbocycles. The van der Waals surface area contributed by atoms with E-state index in [0.717, 1.165) is 16.7 Å². The van der Waals surface area contributed by atoms with E-state index in [2.05, 4.69) is 0 Å². The molecule has 0 amide bonds. The molecule has 0 radical (unpaired) electrons. The minimum absolute atomic E-state index is 0.570. The first-order chi connectivity index (χ1) is 8.72. The van der Waals surface area contributed by atoms with Gasteiger partial charge in [-0.2, -0.15) is 0 Å². The zero-order chi connectivity index (χ0) is 12.6. The SMILES string of the molecule is O=C(O)[C@@]1(Cc2ccccc2)Cc2ccccc21. The Hall–Kier alpha value is -2.09. The molecule has 0 spiro atoms. The van der Waals surface area contributed by atoms with E-state index in [1.165, 1.54) is 0 Å². The molecule has 2 nitrogen and oxygen atoms in total. The molecule has 0 aromatic heterocycles. The van der Waals surface area contributed by atoms with Crippen LogP contribution in [0.5, 0.6) is 0 Å². The number of hydrogen-bond donors (Lipinski definition) is 1. The van der Waals surface area contributed by atoms with Gasteiger partial charge in [0.1, 0.15) is 5.41 Å². The zero-order valence-corrected chi connectivity index (χ0v) is 9.97. The lowest BCUT2D eigenvalue weighted by molar-refractivity contribution is -0.145. The third-order valence-corrected chi connectivity index (χ3v) is 3.78. The smallest absolute Gasteiger partial charge is 0.314 e. The van der Waals surface area contributed by atoms with E-state index in [9.17, 15) is 9.90 Å². The van der Waals surface area contributed by atoms with Crippen LogP contribution in [0.25, 0.3) is 0 Å². The molecule has 2 heteroatoms.